The number of carbonyl (C=O) groups is 2. The van der Waals surface area contributed by atoms with Gasteiger partial charge in [-0.05, 0) is 37.5 Å². The molecule has 0 spiro atoms. The summed E-state index contributed by atoms with van der Waals surface area (Å²) in [6.07, 6.45) is 3.36. The normalized spacial score (nSPS) is 12.1. The second-order valence-corrected chi connectivity index (χ2v) is 7.33. The molecule has 146 valence electrons. The molecule has 0 bridgehead atoms. The molecular weight excluding hydrogens is 350 g/mol. The monoisotopic (exact) mass is 377 g/mol. The Morgan fingerprint density at radius 2 is 1.68 bits per heavy atom. The van der Waals surface area contributed by atoms with Crippen molar-refractivity contribution in [1.29, 1.82) is 0 Å². The first-order valence-corrected chi connectivity index (χ1v) is 9.71. The lowest BCUT2D eigenvalue weighted by atomic mass is 10.0. The van der Waals surface area contributed by atoms with E-state index in [9.17, 15) is 9.59 Å². The molecule has 0 saturated heterocycles. The maximum Gasteiger partial charge on any atom is 0.243 e. The van der Waals surface area contributed by atoms with E-state index >= 15 is 0 Å². The van der Waals surface area contributed by atoms with Crippen molar-refractivity contribution in [2.75, 3.05) is 0 Å². The lowest BCUT2D eigenvalue weighted by Crippen LogP contribution is -2.49. The van der Waals surface area contributed by atoms with E-state index in [0.717, 1.165) is 22.0 Å². The van der Waals surface area contributed by atoms with Gasteiger partial charge in [0.15, 0.2) is 0 Å². The van der Waals surface area contributed by atoms with E-state index in [2.05, 4.69) is 15.6 Å². The van der Waals surface area contributed by atoms with Crippen LogP contribution in [0, 0.1) is 0 Å². The van der Waals surface area contributed by atoms with Gasteiger partial charge in [-0.1, -0.05) is 48.5 Å². The largest absolute Gasteiger partial charge is 0.361 e. The zero-order valence-electron chi connectivity index (χ0n) is 16.4. The maximum absolute atomic E-state index is 12.7. The molecule has 5 heteroatoms. The molecule has 3 aromatic rings. The number of aromatic amines is 1. The molecule has 0 aliphatic carbocycles. The van der Waals surface area contributed by atoms with Crippen LogP contribution in [-0.4, -0.2) is 28.9 Å². The van der Waals surface area contributed by atoms with Crippen molar-refractivity contribution in [3.63, 3.8) is 0 Å². The number of para-hydroxylation sites is 1. The van der Waals surface area contributed by atoms with Crippen molar-refractivity contribution in [3.05, 3.63) is 71.9 Å². The lowest BCUT2D eigenvalue weighted by Gasteiger charge is -2.20. The Morgan fingerprint density at radius 1 is 0.964 bits per heavy atom. The van der Waals surface area contributed by atoms with Crippen molar-refractivity contribution >= 4 is 22.7 Å². The highest BCUT2D eigenvalue weighted by atomic mass is 16.2. The summed E-state index contributed by atoms with van der Waals surface area (Å²) in [5.74, 6) is -0.277. The number of hydrogen-bond donors (Lipinski definition) is 3. The van der Waals surface area contributed by atoms with Crippen LogP contribution in [0.15, 0.2) is 60.8 Å². The van der Waals surface area contributed by atoms with Crippen LogP contribution in [-0.2, 0) is 22.4 Å². The van der Waals surface area contributed by atoms with E-state index in [1.54, 1.807) is 0 Å². The minimum Gasteiger partial charge on any atom is -0.361 e. The van der Waals surface area contributed by atoms with E-state index in [1.807, 2.05) is 74.6 Å². The van der Waals surface area contributed by atoms with E-state index in [0.29, 0.717) is 19.3 Å². The molecule has 2 amide bonds. The fraction of sp³-hybridized carbons (Fsp3) is 0.304. The molecule has 28 heavy (non-hydrogen) atoms. The minimum atomic E-state index is -0.607. The zero-order valence-corrected chi connectivity index (χ0v) is 16.4. The molecule has 0 aliphatic heterocycles. The maximum atomic E-state index is 12.7. The van der Waals surface area contributed by atoms with Crippen molar-refractivity contribution in [3.8, 4) is 0 Å². The lowest BCUT2D eigenvalue weighted by molar-refractivity contribution is -0.129. The third-order valence-corrected chi connectivity index (χ3v) is 4.67. The van der Waals surface area contributed by atoms with Gasteiger partial charge in [0.05, 0.1) is 0 Å². The second-order valence-electron chi connectivity index (χ2n) is 7.33. The van der Waals surface area contributed by atoms with Gasteiger partial charge in [0.25, 0.3) is 0 Å². The van der Waals surface area contributed by atoms with Gasteiger partial charge >= 0.3 is 0 Å². The van der Waals surface area contributed by atoms with Crippen molar-refractivity contribution in [2.24, 2.45) is 0 Å². The summed E-state index contributed by atoms with van der Waals surface area (Å²) in [6.45, 7) is 3.83. The molecule has 1 aromatic heterocycles. The first-order valence-electron chi connectivity index (χ1n) is 9.71. The number of carbonyl (C=O) groups excluding carboxylic acids is 2. The average molecular weight is 377 g/mol. The summed E-state index contributed by atoms with van der Waals surface area (Å²) in [5, 5.41) is 6.92. The Labute approximate surface area is 165 Å². The number of aryl methyl sites for hydroxylation is 1. The molecule has 0 unspecified atom stereocenters. The van der Waals surface area contributed by atoms with E-state index < -0.39 is 6.04 Å². The fourth-order valence-corrected chi connectivity index (χ4v) is 3.28. The van der Waals surface area contributed by atoms with Gasteiger partial charge in [0.1, 0.15) is 6.04 Å². The molecule has 0 aliphatic rings. The van der Waals surface area contributed by atoms with Crippen molar-refractivity contribution < 1.29 is 9.59 Å². The molecule has 3 rings (SSSR count). The van der Waals surface area contributed by atoms with E-state index in [1.165, 1.54) is 0 Å². The molecule has 5 nitrogen and oxygen atoms in total. The van der Waals surface area contributed by atoms with Crippen LogP contribution < -0.4 is 10.6 Å². The summed E-state index contributed by atoms with van der Waals surface area (Å²) < 4.78 is 0. The number of hydrogen-bond acceptors (Lipinski definition) is 2. The average Bonchev–Trinajstić information content (AvgIpc) is 3.09. The van der Waals surface area contributed by atoms with Crippen LogP contribution in [0.25, 0.3) is 10.9 Å². The standard InChI is InChI=1S/C23H27N3O2/c1-16(2)25-23(28)21(14-18-15-24-20-11-7-6-10-19(18)20)26-22(27)13-12-17-8-4-3-5-9-17/h3-11,15-16,21,24H,12-14H2,1-2H3,(H,25,28)(H,26,27)/t21-/m0/s1. The van der Waals surface area contributed by atoms with E-state index in [-0.39, 0.29) is 17.9 Å². The summed E-state index contributed by atoms with van der Waals surface area (Å²) >= 11 is 0. The molecule has 2 aromatic carbocycles. The highest BCUT2D eigenvalue weighted by Gasteiger charge is 2.23. The quantitative estimate of drug-likeness (QED) is 0.563. The summed E-state index contributed by atoms with van der Waals surface area (Å²) in [5.41, 5.74) is 3.15. The number of benzene rings is 2. The van der Waals surface area contributed by atoms with Crippen molar-refractivity contribution in [2.45, 2.75) is 45.2 Å². The molecule has 0 radical (unpaired) electrons. The van der Waals surface area contributed by atoms with Gasteiger partial charge in [-0.2, -0.15) is 0 Å². The van der Waals surface area contributed by atoms with Gasteiger partial charge in [-0.3, -0.25) is 9.59 Å². The Balaban J connectivity index is 1.69. The first-order chi connectivity index (χ1) is 13.5. The predicted molar refractivity (Wildman–Crippen MR) is 112 cm³/mol. The molecule has 0 fully saturated rings. The molecule has 1 heterocycles. The Hall–Kier alpha value is -3.08. The summed E-state index contributed by atoms with van der Waals surface area (Å²) in [6, 6.07) is 17.3. The highest BCUT2D eigenvalue weighted by molar-refractivity contribution is 5.89. The SMILES string of the molecule is CC(C)NC(=O)[C@H](Cc1c[nH]c2ccccc12)NC(=O)CCc1ccccc1. The second kappa shape index (κ2) is 9.22. The molecular formula is C23H27N3O2. The van der Waals surface area contributed by atoms with Crippen LogP contribution in [0.5, 0.6) is 0 Å². The summed E-state index contributed by atoms with van der Waals surface area (Å²) in [7, 11) is 0. The van der Waals surface area contributed by atoms with Gasteiger partial charge in [-0.25, -0.2) is 0 Å². The number of rotatable bonds is 8. The van der Waals surface area contributed by atoms with Crippen LogP contribution in [0.4, 0.5) is 0 Å². The third-order valence-electron chi connectivity index (χ3n) is 4.67. The van der Waals surface area contributed by atoms with Crippen molar-refractivity contribution in [1.82, 2.24) is 15.6 Å². The fourth-order valence-electron chi connectivity index (χ4n) is 3.28. The smallest absolute Gasteiger partial charge is 0.243 e. The van der Waals surface area contributed by atoms with Gasteiger partial charge in [0.2, 0.25) is 11.8 Å². The number of aromatic nitrogens is 1. The Morgan fingerprint density at radius 3 is 2.43 bits per heavy atom. The number of fused-ring (bicyclic) bond motifs is 1. The van der Waals surface area contributed by atoms with E-state index in [4.69, 9.17) is 0 Å². The summed E-state index contributed by atoms with van der Waals surface area (Å²) in [4.78, 5) is 28.4. The van der Waals surface area contributed by atoms with Crippen LogP contribution in [0.1, 0.15) is 31.4 Å². The Kier molecular flexibility index (Phi) is 6.48. The first kappa shape index (κ1) is 19.7. The molecule has 1 atom stereocenters. The highest BCUT2D eigenvalue weighted by Crippen LogP contribution is 2.19. The minimum absolute atomic E-state index is 0.0131. The topological polar surface area (TPSA) is 74.0 Å². The number of amides is 2. The van der Waals surface area contributed by atoms with Gasteiger partial charge in [-0.15, -0.1) is 0 Å². The van der Waals surface area contributed by atoms with Gasteiger partial charge in [0, 0.05) is 36.0 Å². The molecule has 3 N–H and O–H groups in total. The predicted octanol–water partition coefficient (Wildman–Crippen LogP) is 3.35. The third kappa shape index (κ3) is 5.22. The zero-order chi connectivity index (χ0) is 19.9. The van der Waals surface area contributed by atoms with Gasteiger partial charge < -0.3 is 15.6 Å². The van der Waals surface area contributed by atoms with Crippen LogP contribution in [0.2, 0.25) is 0 Å². The van der Waals surface area contributed by atoms with Crippen LogP contribution in [0.3, 0.4) is 0 Å². The number of H-pyrrole nitrogens is 1. The molecule has 0 saturated carbocycles. The van der Waals surface area contributed by atoms with Crippen LogP contribution >= 0.6 is 0 Å². The Bertz CT molecular complexity index is 931. The number of nitrogens with one attached hydrogen (secondary N) is 3.